The molecule has 126 valence electrons. The van der Waals surface area contributed by atoms with Crippen LogP contribution in [0.5, 0.6) is 0 Å². The Hall–Kier alpha value is -2.00. The molecule has 3 heterocycles. The number of nitrogens with two attached hydrogens (primary N) is 1. The van der Waals surface area contributed by atoms with E-state index in [9.17, 15) is 13.2 Å². The van der Waals surface area contributed by atoms with Crippen LogP contribution in [0.25, 0.3) is 11.0 Å². The van der Waals surface area contributed by atoms with Crippen LogP contribution in [0.4, 0.5) is 19.0 Å². The normalized spacial score (nSPS) is 13.4. The number of nitrogens with zero attached hydrogens (tertiary/aromatic N) is 3. The fraction of sp³-hybridized carbons (Fsp3) is 0.214. The van der Waals surface area contributed by atoms with Crippen LogP contribution in [0.1, 0.15) is 23.6 Å². The Bertz CT molecular complexity index is 899. The number of thioether (sulfide) groups is 1. The first-order valence-corrected chi connectivity index (χ1v) is 7.91. The fourth-order valence-corrected chi connectivity index (χ4v) is 3.07. The molecule has 2 N–H and O–H groups in total. The second-order valence-corrected chi connectivity index (χ2v) is 6.62. The maximum Gasteiger partial charge on any atom is 0.433 e. The zero-order valence-corrected chi connectivity index (χ0v) is 13.7. The molecule has 24 heavy (non-hydrogen) atoms. The second-order valence-electron chi connectivity index (χ2n) is 4.91. The number of alkyl halides is 3. The van der Waals surface area contributed by atoms with Crippen LogP contribution in [0.15, 0.2) is 34.2 Å². The van der Waals surface area contributed by atoms with Gasteiger partial charge in [0.05, 0.1) is 22.2 Å². The summed E-state index contributed by atoms with van der Waals surface area (Å²) >= 11 is 7.03. The van der Waals surface area contributed by atoms with E-state index in [1.807, 2.05) is 0 Å². The molecule has 0 aliphatic carbocycles. The minimum atomic E-state index is -4.59. The van der Waals surface area contributed by atoms with Gasteiger partial charge in [-0.15, -0.1) is 0 Å². The van der Waals surface area contributed by atoms with Gasteiger partial charge in [-0.25, -0.2) is 9.97 Å². The van der Waals surface area contributed by atoms with Crippen molar-refractivity contribution in [1.29, 1.82) is 0 Å². The van der Waals surface area contributed by atoms with E-state index >= 15 is 0 Å². The average molecular weight is 375 g/mol. The quantitative estimate of drug-likeness (QED) is 0.527. The number of pyridine rings is 1. The van der Waals surface area contributed by atoms with Gasteiger partial charge in [-0.2, -0.15) is 13.2 Å². The molecule has 10 heteroatoms. The van der Waals surface area contributed by atoms with Gasteiger partial charge in [0, 0.05) is 11.5 Å². The number of rotatable bonds is 3. The van der Waals surface area contributed by atoms with E-state index in [0.717, 1.165) is 11.8 Å². The molecular formula is C14H10ClF3N4OS. The van der Waals surface area contributed by atoms with E-state index in [4.69, 9.17) is 21.8 Å². The lowest BCUT2D eigenvalue weighted by molar-refractivity contribution is -0.141. The second kappa shape index (κ2) is 6.14. The number of hydrogen-bond acceptors (Lipinski definition) is 6. The van der Waals surface area contributed by atoms with Gasteiger partial charge < -0.3 is 10.2 Å². The number of anilines is 1. The molecule has 0 aliphatic rings. The van der Waals surface area contributed by atoms with Gasteiger partial charge in [-0.3, -0.25) is 4.98 Å². The molecule has 0 spiro atoms. The topological polar surface area (TPSA) is 77.8 Å². The van der Waals surface area contributed by atoms with Crippen LogP contribution in [0.3, 0.4) is 0 Å². The van der Waals surface area contributed by atoms with Crippen molar-refractivity contribution in [2.45, 2.75) is 23.5 Å². The van der Waals surface area contributed by atoms with Crippen LogP contribution in [-0.4, -0.2) is 15.0 Å². The molecule has 0 saturated carbocycles. The highest BCUT2D eigenvalue weighted by Gasteiger charge is 2.33. The van der Waals surface area contributed by atoms with Crippen LogP contribution >= 0.6 is 23.4 Å². The maximum absolute atomic E-state index is 12.8. The molecule has 0 saturated heterocycles. The van der Waals surface area contributed by atoms with Crippen molar-refractivity contribution in [2.24, 2.45) is 0 Å². The first-order chi connectivity index (χ1) is 11.2. The van der Waals surface area contributed by atoms with E-state index in [2.05, 4.69) is 15.0 Å². The van der Waals surface area contributed by atoms with Crippen molar-refractivity contribution < 1.29 is 17.6 Å². The zero-order valence-electron chi connectivity index (χ0n) is 12.1. The molecule has 5 nitrogen and oxygen atoms in total. The van der Waals surface area contributed by atoms with Crippen molar-refractivity contribution in [3.8, 4) is 0 Å². The highest BCUT2D eigenvalue weighted by Crippen LogP contribution is 2.36. The Morgan fingerprint density at radius 3 is 2.75 bits per heavy atom. The minimum absolute atomic E-state index is 0.0741. The molecule has 1 unspecified atom stereocenters. The van der Waals surface area contributed by atoms with Crippen molar-refractivity contribution >= 4 is 40.1 Å². The zero-order chi connectivity index (χ0) is 17.5. The third-order valence-corrected chi connectivity index (χ3v) is 4.43. The van der Waals surface area contributed by atoms with Gasteiger partial charge in [0.2, 0.25) is 0 Å². The van der Waals surface area contributed by atoms with Gasteiger partial charge in [-0.05, 0) is 13.0 Å². The summed E-state index contributed by atoms with van der Waals surface area (Å²) in [5, 5.41) is 0.724. The van der Waals surface area contributed by atoms with Crippen LogP contribution in [-0.2, 0) is 6.18 Å². The van der Waals surface area contributed by atoms with Crippen molar-refractivity contribution in [1.82, 2.24) is 15.0 Å². The average Bonchev–Trinajstić information content (AvgIpc) is 2.86. The van der Waals surface area contributed by atoms with E-state index < -0.39 is 11.9 Å². The summed E-state index contributed by atoms with van der Waals surface area (Å²) in [6, 6.07) is 2.42. The Balaban J connectivity index is 1.89. The molecule has 3 aromatic rings. The number of halogens is 4. The SMILES string of the molecule is CC(Sc1nc(N)cc(C(F)(F)F)n1)c1cc2c(Cl)coc2cn1. The first kappa shape index (κ1) is 16.8. The minimum Gasteiger partial charge on any atom is -0.461 e. The van der Waals surface area contributed by atoms with Gasteiger partial charge in [0.1, 0.15) is 12.1 Å². The molecule has 0 radical (unpaired) electrons. The summed E-state index contributed by atoms with van der Waals surface area (Å²) < 4.78 is 43.6. The summed E-state index contributed by atoms with van der Waals surface area (Å²) in [4.78, 5) is 11.6. The van der Waals surface area contributed by atoms with Crippen molar-refractivity contribution in [3.05, 3.63) is 41.0 Å². The number of furan rings is 1. The molecule has 1 atom stereocenters. The third-order valence-electron chi connectivity index (χ3n) is 3.15. The summed E-state index contributed by atoms with van der Waals surface area (Å²) in [6.07, 6.45) is -1.68. The van der Waals surface area contributed by atoms with Gasteiger partial charge in [0.25, 0.3) is 0 Å². The lowest BCUT2D eigenvalue weighted by atomic mass is 10.2. The van der Waals surface area contributed by atoms with Gasteiger partial charge in [0.15, 0.2) is 16.4 Å². The van der Waals surface area contributed by atoms with Gasteiger partial charge >= 0.3 is 6.18 Å². The fourth-order valence-electron chi connectivity index (χ4n) is 2.00. The molecule has 0 fully saturated rings. The highest BCUT2D eigenvalue weighted by molar-refractivity contribution is 7.99. The highest BCUT2D eigenvalue weighted by atomic mass is 35.5. The molecule has 0 aromatic carbocycles. The monoisotopic (exact) mass is 374 g/mol. The van der Waals surface area contributed by atoms with Crippen molar-refractivity contribution in [2.75, 3.05) is 5.73 Å². The largest absolute Gasteiger partial charge is 0.461 e. The summed E-state index contributed by atoms with van der Waals surface area (Å²) in [7, 11) is 0. The predicted octanol–water partition coefficient (Wildman–Crippen LogP) is 4.73. The molecule has 3 rings (SSSR count). The smallest absolute Gasteiger partial charge is 0.433 e. The van der Waals surface area contributed by atoms with Crippen LogP contribution < -0.4 is 5.73 Å². The lowest BCUT2D eigenvalue weighted by Gasteiger charge is -2.12. The summed E-state index contributed by atoms with van der Waals surface area (Å²) in [5.74, 6) is -0.242. The molecular weight excluding hydrogens is 365 g/mol. The van der Waals surface area contributed by atoms with E-state index in [1.54, 1.807) is 13.0 Å². The Morgan fingerprint density at radius 2 is 2.04 bits per heavy atom. The number of aromatic nitrogens is 3. The van der Waals surface area contributed by atoms with E-state index in [0.29, 0.717) is 27.8 Å². The maximum atomic E-state index is 12.8. The van der Waals surface area contributed by atoms with E-state index in [-0.39, 0.29) is 16.2 Å². The number of fused-ring (bicyclic) bond motifs is 1. The Labute approximate surface area is 143 Å². The summed E-state index contributed by atoms with van der Waals surface area (Å²) in [6.45, 7) is 1.77. The number of nitrogen functional groups attached to an aromatic ring is 1. The molecule has 3 aromatic heterocycles. The van der Waals surface area contributed by atoms with E-state index in [1.165, 1.54) is 12.5 Å². The Morgan fingerprint density at radius 1 is 1.29 bits per heavy atom. The number of hydrogen-bond donors (Lipinski definition) is 1. The lowest BCUT2D eigenvalue weighted by Crippen LogP contribution is -2.11. The van der Waals surface area contributed by atoms with Crippen molar-refractivity contribution in [3.63, 3.8) is 0 Å². The predicted molar refractivity (Wildman–Crippen MR) is 84.7 cm³/mol. The van der Waals surface area contributed by atoms with Crippen LogP contribution in [0.2, 0.25) is 5.02 Å². The molecule has 0 bridgehead atoms. The molecule has 0 amide bonds. The van der Waals surface area contributed by atoms with Gasteiger partial charge in [-0.1, -0.05) is 23.4 Å². The molecule has 0 aliphatic heterocycles. The van der Waals surface area contributed by atoms with Crippen LogP contribution in [0, 0.1) is 0 Å². The standard InChI is InChI=1S/C14H10ClF3N4OS/c1-6(9-2-7-8(15)5-23-10(7)4-20-9)24-13-21-11(14(16,17)18)3-12(19)22-13/h2-6H,1H3,(H2,19,21,22). The third kappa shape index (κ3) is 3.41. The first-order valence-electron chi connectivity index (χ1n) is 6.65. The summed E-state index contributed by atoms with van der Waals surface area (Å²) in [5.41, 5.74) is 5.50. The Kier molecular flexibility index (Phi) is 4.31.